The van der Waals surface area contributed by atoms with E-state index in [1.54, 1.807) is 12.1 Å². The van der Waals surface area contributed by atoms with Crippen molar-refractivity contribution in [2.75, 3.05) is 0 Å². The molecular weight excluding hydrogens is 188 g/mol. The van der Waals surface area contributed by atoms with Crippen LogP contribution < -0.4 is 5.73 Å². The Morgan fingerprint density at radius 3 is 2.85 bits per heavy atom. The molecule has 0 heterocycles. The standard InChI is InChI=1S/C9H9ClN2O/c10-7-5-6(1-2-9(7)13)8(12)3-4-11/h1-2,5,8,13H,3,12H2/t8-/m0/s1. The number of hydrogen-bond donors (Lipinski definition) is 2. The molecule has 3 nitrogen and oxygen atoms in total. The number of nitrogens with two attached hydrogens (primary N) is 1. The van der Waals surface area contributed by atoms with Crippen LogP contribution in [0, 0.1) is 11.3 Å². The Hall–Kier alpha value is -1.24. The van der Waals surface area contributed by atoms with E-state index in [0.717, 1.165) is 5.56 Å². The Kier molecular flexibility index (Phi) is 3.13. The number of nitrogens with zero attached hydrogens (tertiary/aromatic N) is 1. The van der Waals surface area contributed by atoms with Crippen molar-refractivity contribution < 1.29 is 5.11 Å². The lowest BCUT2D eigenvalue weighted by Gasteiger charge is -2.08. The summed E-state index contributed by atoms with van der Waals surface area (Å²) in [6.07, 6.45) is 0.237. The molecule has 0 saturated heterocycles. The summed E-state index contributed by atoms with van der Waals surface area (Å²) in [4.78, 5) is 0. The topological polar surface area (TPSA) is 70.0 Å². The fourth-order valence-corrected chi connectivity index (χ4v) is 1.16. The van der Waals surface area contributed by atoms with Crippen LogP contribution in [0.5, 0.6) is 5.75 Å². The number of rotatable bonds is 2. The van der Waals surface area contributed by atoms with Crippen LogP contribution in [0.2, 0.25) is 5.02 Å². The van der Waals surface area contributed by atoms with E-state index in [-0.39, 0.29) is 23.2 Å². The minimum atomic E-state index is -0.344. The van der Waals surface area contributed by atoms with Gasteiger partial charge in [0.05, 0.1) is 17.5 Å². The molecule has 0 aromatic heterocycles. The lowest BCUT2D eigenvalue weighted by Crippen LogP contribution is -2.08. The SMILES string of the molecule is N#CC[C@H](N)c1ccc(O)c(Cl)c1. The molecule has 1 rings (SSSR count). The van der Waals surface area contributed by atoms with E-state index >= 15 is 0 Å². The smallest absolute Gasteiger partial charge is 0.134 e. The number of phenols is 1. The van der Waals surface area contributed by atoms with E-state index < -0.39 is 0 Å². The minimum Gasteiger partial charge on any atom is -0.506 e. The van der Waals surface area contributed by atoms with Crippen LogP contribution in [0.4, 0.5) is 0 Å². The van der Waals surface area contributed by atoms with Gasteiger partial charge in [-0.3, -0.25) is 0 Å². The van der Waals surface area contributed by atoms with Crippen molar-refractivity contribution in [3.8, 4) is 11.8 Å². The van der Waals surface area contributed by atoms with Crippen molar-refractivity contribution in [2.45, 2.75) is 12.5 Å². The highest BCUT2D eigenvalue weighted by Crippen LogP contribution is 2.26. The third kappa shape index (κ3) is 2.35. The van der Waals surface area contributed by atoms with Crippen molar-refractivity contribution in [1.82, 2.24) is 0 Å². The molecule has 68 valence electrons. The van der Waals surface area contributed by atoms with Gasteiger partial charge in [-0.1, -0.05) is 17.7 Å². The Balaban J connectivity index is 2.91. The molecule has 0 fully saturated rings. The highest BCUT2D eigenvalue weighted by molar-refractivity contribution is 6.32. The summed E-state index contributed by atoms with van der Waals surface area (Å²) in [5.74, 6) is 0.0228. The zero-order valence-electron chi connectivity index (χ0n) is 6.87. The third-order valence-corrected chi connectivity index (χ3v) is 2.01. The van der Waals surface area contributed by atoms with Gasteiger partial charge in [0, 0.05) is 6.04 Å². The zero-order chi connectivity index (χ0) is 9.84. The fourth-order valence-electron chi connectivity index (χ4n) is 0.970. The van der Waals surface area contributed by atoms with E-state index in [2.05, 4.69) is 0 Å². The van der Waals surface area contributed by atoms with Gasteiger partial charge in [-0.15, -0.1) is 0 Å². The number of halogens is 1. The monoisotopic (exact) mass is 196 g/mol. The van der Waals surface area contributed by atoms with Crippen molar-refractivity contribution in [2.24, 2.45) is 5.73 Å². The summed E-state index contributed by atoms with van der Waals surface area (Å²) in [5, 5.41) is 17.8. The molecule has 0 amide bonds. The summed E-state index contributed by atoms with van der Waals surface area (Å²) in [6.45, 7) is 0. The second-order valence-electron chi connectivity index (χ2n) is 2.68. The quantitative estimate of drug-likeness (QED) is 0.760. The number of phenolic OH excluding ortho intramolecular Hbond substituents is 1. The second kappa shape index (κ2) is 4.13. The van der Waals surface area contributed by atoms with Crippen LogP contribution in [0.1, 0.15) is 18.0 Å². The molecular formula is C9H9ClN2O. The fraction of sp³-hybridized carbons (Fsp3) is 0.222. The average molecular weight is 197 g/mol. The van der Waals surface area contributed by atoms with E-state index in [1.807, 2.05) is 6.07 Å². The highest BCUT2D eigenvalue weighted by Gasteiger charge is 2.07. The van der Waals surface area contributed by atoms with Crippen LogP contribution in [-0.2, 0) is 0 Å². The second-order valence-corrected chi connectivity index (χ2v) is 3.09. The first kappa shape index (κ1) is 9.85. The van der Waals surface area contributed by atoms with Crippen molar-refractivity contribution >= 4 is 11.6 Å². The van der Waals surface area contributed by atoms with E-state index in [4.69, 9.17) is 27.7 Å². The summed E-state index contributed by atoms with van der Waals surface area (Å²) in [5.41, 5.74) is 6.42. The molecule has 0 radical (unpaired) electrons. The molecule has 0 bridgehead atoms. The number of benzene rings is 1. The van der Waals surface area contributed by atoms with Gasteiger partial charge in [0.25, 0.3) is 0 Å². The first-order valence-corrected chi connectivity index (χ1v) is 4.14. The highest BCUT2D eigenvalue weighted by atomic mass is 35.5. The maximum absolute atomic E-state index is 9.12. The maximum atomic E-state index is 9.12. The lowest BCUT2D eigenvalue weighted by atomic mass is 10.1. The van der Waals surface area contributed by atoms with Crippen molar-refractivity contribution in [1.29, 1.82) is 5.26 Å². The first-order valence-electron chi connectivity index (χ1n) is 3.76. The van der Waals surface area contributed by atoms with Gasteiger partial charge in [0.2, 0.25) is 0 Å². The molecule has 1 aromatic carbocycles. The van der Waals surface area contributed by atoms with Gasteiger partial charge in [0.1, 0.15) is 5.75 Å². The van der Waals surface area contributed by atoms with Crippen LogP contribution in [0.25, 0.3) is 0 Å². The van der Waals surface area contributed by atoms with Crippen molar-refractivity contribution in [3.63, 3.8) is 0 Å². The predicted octanol–water partition coefficient (Wildman–Crippen LogP) is 1.96. The number of hydrogen-bond acceptors (Lipinski definition) is 3. The largest absolute Gasteiger partial charge is 0.506 e. The molecule has 13 heavy (non-hydrogen) atoms. The number of aromatic hydroxyl groups is 1. The average Bonchev–Trinajstić information content (AvgIpc) is 2.10. The molecule has 0 saturated carbocycles. The number of nitriles is 1. The van der Waals surface area contributed by atoms with Gasteiger partial charge in [0.15, 0.2) is 0 Å². The maximum Gasteiger partial charge on any atom is 0.134 e. The Morgan fingerprint density at radius 2 is 2.31 bits per heavy atom. The molecule has 3 N–H and O–H groups in total. The summed E-state index contributed by atoms with van der Waals surface area (Å²) in [7, 11) is 0. The van der Waals surface area contributed by atoms with E-state index in [1.165, 1.54) is 6.07 Å². The van der Waals surface area contributed by atoms with Crippen LogP contribution >= 0.6 is 11.6 Å². The van der Waals surface area contributed by atoms with Gasteiger partial charge in [-0.05, 0) is 17.7 Å². The van der Waals surface area contributed by atoms with Gasteiger partial charge < -0.3 is 10.8 Å². The molecule has 0 aliphatic carbocycles. The Morgan fingerprint density at radius 1 is 1.62 bits per heavy atom. The molecule has 0 unspecified atom stereocenters. The summed E-state index contributed by atoms with van der Waals surface area (Å²) in [6, 6.07) is 6.32. The van der Waals surface area contributed by atoms with Crippen LogP contribution in [-0.4, -0.2) is 5.11 Å². The lowest BCUT2D eigenvalue weighted by molar-refractivity contribution is 0.475. The van der Waals surface area contributed by atoms with Gasteiger partial charge in [-0.2, -0.15) is 5.26 Å². The first-order chi connectivity index (χ1) is 6.15. The van der Waals surface area contributed by atoms with Crippen LogP contribution in [0.3, 0.4) is 0 Å². The molecule has 1 aromatic rings. The van der Waals surface area contributed by atoms with Gasteiger partial charge >= 0.3 is 0 Å². The molecule has 4 heteroatoms. The van der Waals surface area contributed by atoms with Crippen LogP contribution in [0.15, 0.2) is 18.2 Å². The minimum absolute atomic E-state index is 0.0228. The van der Waals surface area contributed by atoms with E-state index in [9.17, 15) is 0 Å². The van der Waals surface area contributed by atoms with Crippen molar-refractivity contribution in [3.05, 3.63) is 28.8 Å². The molecule has 1 atom stereocenters. The Bertz CT molecular complexity index is 346. The molecule has 0 aliphatic heterocycles. The Labute approximate surface area is 81.4 Å². The van der Waals surface area contributed by atoms with Gasteiger partial charge in [-0.25, -0.2) is 0 Å². The summed E-state index contributed by atoms with van der Waals surface area (Å²) >= 11 is 5.67. The summed E-state index contributed by atoms with van der Waals surface area (Å²) < 4.78 is 0. The van der Waals surface area contributed by atoms with E-state index in [0.29, 0.717) is 0 Å². The third-order valence-electron chi connectivity index (χ3n) is 1.71. The molecule has 0 spiro atoms. The zero-order valence-corrected chi connectivity index (χ0v) is 7.62. The normalized spacial score (nSPS) is 12.1. The predicted molar refractivity (Wildman–Crippen MR) is 50.3 cm³/mol. The molecule has 0 aliphatic rings.